The Balaban J connectivity index is 1.44. The summed E-state index contributed by atoms with van der Waals surface area (Å²) in [6.07, 6.45) is 6.18. The van der Waals surface area contributed by atoms with Gasteiger partial charge in [-0.05, 0) is 43.7 Å². The fraction of sp³-hybridized carbons (Fsp3) is 0.444. The van der Waals surface area contributed by atoms with Crippen molar-refractivity contribution < 1.29 is 9.18 Å². The average Bonchev–Trinajstić information content (AvgIpc) is 3.24. The van der Waals surface area contributed by atoms with Crippen LogP contribution in [0.15, 0.2) is 30.7 Å². The maximum Gasteiger partial charge on any atom is 0.244 e. The van der Waals surface area contributed by atoms with Gasteiger partial charge in [0, 0.05) is 19.2 Å². The third-order valence-corrected chi connectivity index (χ3v) is 5.10. The molecule has 0 bridgehead atoms. The number of anilines is 1. The first-order valence-electron chi connectivity index (χ1n) is 8.54. The van der Waals surface area contributed by atoms with Crippen LogP contribution in [0.1, 0.15) is 26.2 Å². The van der Waals surface area contributed by atoms with Crippen molar-refractivity contribution in [2.75, 3.05) is 18.4 Å². The van der Waals surface area contributed by atoms with Crippen molar-refractivity contribution in [3.63, 3.8) is 0 Å². The molecule has 2 aromatic heterocycles. The molecule has 130 valence electrons. The van der Waals surface area contributed by atoms with Crippen LogP contribution in [-0.2, 0) is 4.79 Å². The summed E-state index contributed by atoms with van der Waals surface area (Å²) >= 11 is 0. The molecule has 3 heterocycles. The van der Waals surface area contributed by atoms with Crippen LogP contribution in [0.2, 0.25) is 0 Å². The Bertz CT molecular complexity index is 790. The molecule has 6 nitrogen and oxygen atoms in total. The number of carbonyl (C=O) groups is 1. The minimum absolute atomic E-state index is 0.101. The van der Waals surface area contributed by atoms with E-state index in [-0.39, 0.29) is 11.9 Å². The number of carbonyl (C=O) groups excluding carboxylic acids is 1. The minimum Gasteiger partial charge on any atom is -0.359 e. The van der Waals surface area contributed by atoms with Gasteiger partial charge in [-0.25, -0.2) is 14.4 Å². The fourth-order valence-electron chi connectivity index (χ4n) is 3.37. The Morgan fingerprint density at radius 3 is 2.76 bits per heavy atom. The zero-order valence-corrected chi connectivity index (χ0v) is 14.1. The highest BCUT2D eigenvalue weighted by Crippen LogP contribution is 2.52. The minimum atomic E-state index is -0.394. The first kappa shape index (κ1) is 15.9. The molecule has 2 aromatic rings. The Morgan fingerprint density at radius 2 is 2.08 bits per heavy atom. The van der Waals surface area contributed by atoms with Crippen LogP contribution in [0, 0.1) is 11.2 Å². The number of aromatic nitrogens is 3. The average molecular weight is 341 g/mol. The molecule has 0 unspecified atom stereocenters. The second kappa shape index (κ2) is 6.06. The summed E-state index contributed by atoms with van der Waals surface area (Å²) in [6.45, 7) is 3.57. The summed E-state index contributed by atoms with van der Waals surface area (Å²) < 4.78 is 13.0. The van der Waals surface area contributed by atoms with Crippen molar-refractivity contribution in [3.05, 3.63) is 36.5 Å². The van der Waals surface area contributed by atoms with Crippen LogP contribution in [0.25, 0.3) is 11.4 Å². The predicted octanol–water partition coefficient (Wildman–Crippen LogP) is 2.49. The lowest BCUT2D eigenvalue weighted by atomic mass is 10.1. The van der Waals surface area contributed by atoms with Crippen LogP contribution >= 0.6 is 0 Å². The highest BCUT2D eigenvalue weighted by atomic mass is 19.1. The molecule has 2 fully saturated rings. The molecule has 1 aliphatic heterocycles. The summed E-state index contributed by atoms with van der Waals surface area (Å²) in [4.78, 5) is 26.9. The largest absolute Gasteiger partial charge is 0.359 e. The van der Waals surface area contributed by atoms with Crippen molar-refractivity contribution in [3.8, 4) is 11.4 Å². The molecule has 7 heteroatoms. The topological polar surface area (TPSA) is 71.0 Å². The van der Waals surface area contributed by atoms with Gasteiger partial charge in [-0.1, -0.05) is 0 Å². The third-order valence-electron chi connectivity index (χ3n) is 5.10. The lowest BCUT2D eigenvalue weighted by Gasteiger charge is -2.22. The van der Waals surface area contributed by atoms with Gasteiger partial charge in [-0.3, -0.25) is 9.78 Å². The van der Waals surface area contributed by atoms with Crippen molar-refractivity contribution in [1.29, 1.82) is 0 Å². The summed E-state index contributed by atoms with van der Waals surface area (Å²) in [5.74, 6) is 0.260. The number of halogens is 1. The standard InChI is InChI=1S/C18H20FN5O/c1-12(17(25)24-7-6-18(10-24)4-5-18)23-16-8-15(21-11-22-16)14-3-2-13(19)9-20-14/h2-3,8-9,11-12H,4-7,10H2,1H3,(H,21,22,23)/t12-/m1/s1. The van der Waals surface area contributed by atoms with Crippen LogP contribution in [0.4, 0.5) is 10.2 Å². The maximum atomic E-state index is 13.0. The van der Waals surface area contributed by atoms with Gasteiger partial charge >= 0.3 is 0 Å². The molecule has 1 saturated carbocycles. The van der Waals surface area contributed by atoms with Gasteiger partial charge in [-0.2, -0.15) is 0 Å². The highest BCUT2D eigenvalue weighted by molar-refractivity contribution is 5.84. The number of pyridine rings is 1. The van der Waals surface area contributed by atoms with Crippen molar-refractivity contribution >= 4 is 11.7 Å². The molecule has 0 aromatic carbocycles. The van der Waals surface area contributed by atoms with E-state index in [4.69, 9.17) is 0 Å². The summed E-state index contributed by atoms with van der Waals surface area (Å²) in [5, 5.41) is 3.14. The molecule has 1 aliphatic carbocycles. The molecular formula is C18H20FN5O. The van der Waals surface area contributed by atoms with Crippen LogP contribution in [0.3, 0.4) is 0 Å². The van der Waals surface area contributed by atoms with E-state index in [0.717, 1.165) is 25.7 Å². The number of amides is 1. The van der Waals surface area contributed by atoms with Gasteiger partial charge in [0.1, 0.15) is 24.0 Å². The molecule has 2 aliphatic rings. The van der Waals surface area contributed by atoms with E-state index in [9.17, 15) is 9.18 Å². The number of hydrogen-bond donors (Lipinski definition) is 1. The molecule has 1 saturated heterocycles. The summed E-state index contributed by atoms with van der Waals surface area (Å²) in [5.41, 5.74) is 1.56. The van der Waals surface area contributed by atoms with E-state index in [1.165, 1.54) is 25.2 Å². The molecule has 1 atom stereocenters. The van der Waals surface area contributed by atoms with Crippen LogP contribution in [-0.4, -0.2) is 44.9 Å². The number of hydrogen-bond acceptors (Lipinski definition) is 5. The Morgan fingerprint density at radius 1 is 1.24 bits per heavy atom. The zero-order valence-electron chi connectivity index (χ0n) is 14.1. The van der Waals surface area contributed by atoms with Gasteiger partial charge in [0.15, 0.2) is 0 Å². The lowest BCUT2D eigenvalue weighted by Crippen LogP contribution is -2.40. The molecular weight excluding hydrogens is 321 g/mol. The number of nitrogens with one attached hydrogen (secondary N) is 1. The first-order chi connectivity index (χ1) is 12.0. The maximum absolute atomic E-state index is 13.0. The number of likely N-dealkylation sites (tertiary alicyclic amines) is 1. The van der Waals surface area contributed by atoms with Gasteiger partial charge in [0.25, 0.3) is 0 Å². The molecule has 0 radical (unpaired) electrons. The quantitative estimate of drug-likeness (QED) is 0.925. The predicted molar refractivity (Wildman–Crippen MR) is 91.2 cm³/mol. The van der Waals surface area contributed by atoms with Crippen molar-refractivity contribution in [2.24, 2.45) is 5.41 Å². The Kier molecular flexibility index (Phi) is 3.86. The second-order valence-electron chi connectivity index (χ2n) is 7.03. The van der Waals surface area contributed by atoms with E-state index in [0.29, 0.717) is 22.6 Å². The normalized spacial score (nSPS) is 19.0. The van der Waals surface area contributed by atoms with Gasteiger partial charge in [0.2, 0.25) is 5.91 Å². The Labute approximate surface area is 145 Å². The van der Waals surface area contributed by atoms with E-state index < -0.39 is 5.82 Å². The lowest BCUT2D eigenvalue weighted by molar-refractivity contribution is -0.130. The molecule has 1 spiro atoms. The zero-order chi connectivity index (χ0) is 17.4. The fourth-order valence-corrected chi connectivity index (χ4v) is 3.37. The molecule has 1 amide bonds. The van der Waals surface area contributed by atoms with E-state index in [1.54, 1.807) is 12.1 Å². The number of nitrogens with zero attached hydrogens (tertiary/aromatic N) is 4. The summed E-state index contributed by atoms with van der Waals surface area (Å²) in [7, 11) is 0. The van der Waals surface area contributed by atoms with Crippen molar-refractivity contribution in [1.82, 2.24) is 19.9 Å². The summed E-state index contributed by atoms with van der Waals surface area (Å²) in [6, 6.07) is 4.26. The first-order valence-corrected chi connectivity index (χ1v) is 8.54. The van der Waals surface area contributed by atoms with E-state index in [2.05, 4.69) is 20.3 Å². The second-order valence-corrected chi connectivity index (χ2v) is 7.03. The van der Waals surface area contributed by atoms with Crippen LogP contribution in [0.5, 0.6) is 0 Å². The van der Waals surface area contributed by atoms with Gasteiger partial charge in [0.05, 0.1) is 17.6 Å². The molecule has 25 heavy (non-hydrogen) atoms. The molecule has 1 N–H and O–H groups in total. The van der Waals surface area contributed by atoms with E-state index in [1.807, 2.05) is 11.8 Å². The van der Waals surface area contributed by atoms with E-state index >= 15 is 0 Å². The SMILES string of the molecule is C[C@@H](Nc1cc(-c2ccc(F)cn2)ncn1)C(=O)N1CCC2(CC2)C1. The van der Waals surface area contributed by atoms with Gasteiger partial charge in [-0.15, -0.1) is 0 Å². The third kappa shape index (κ3) is 3.31. The van der Waals surface area contributed by atoms with Crippen molar-refractivity contribution in [2.45, 2.75) is 32.2 Å². The smallest absolute Gasteiger partial charge is 0.244 e. The van der Waals surface area contributed by atoms with Crippen LogP contribution < -0.4 is 5.32 Å². The van der Waals surface area contributed by atoms with Gasteiger partial charge < -0.3 is 10.2 Å². The molecule has 4 rings (SSSR count). The number of rotatable bonds is 4. The highest BCUT2D eigenvalue weighted by Gasteiger charge is 2.49. The Hall–Kier alpha value is -2.57. The monoisotopic (exact) mass is 341 g/mol.